The van der Waals surface area contributed by atoms with Crippen LogP contribution in [0.15, 0.2) is 53.6 Å². The minimum absolute atomic E-state index is 0.638. The Morgan fingerprint density at radius 1 is 1.12 bits per heavy atom. The lowest BCUT2D eigenvalue weighted by Crippen LogP contribution is -1.87. The van der Waals surface area contributed by atoms with Gasteiger partial charge >= 0.3 is 0 Å². The van der Waals surface area contributed by atoms with Crippen LogP contribution in [0.2, 0.25) is 0 Å². The van der Waals surface area contributed by atoms with E-state index in [4.69, 9.17) is 0 Å². The summed E-state index contributed by atoms with van der Waals surface area (Å²) in [5.41, 5.74) is 7.52. The van der Waals surface area contributed by atoms with Gasteiger partial charge in [0.15, 0.2) is 0 Å². The Balaban J connectivity index is 1.88. The molecule has 0 atom stereocenters. The molecule has 2 aliphatic carbocycles. The number of benzene rings is 1. The van der Waals surface area contributed by atoms with E-state index in [0.717, 1.165) is 12.8 Å². The highest BCUT2D eigenvalue weighted by atomic mass is 14.3. The van der Waals surface area contributed by atoms with Crippen LogP contribution in [0.3, 0.4) is 0 Å². The van der Waals surface area contributed by atoms with Crippen molar-refractivity contribution < 1.29 is 0 Å². The second-order valence-corrected chi connectivity index (χ2v) is 5.35. The van der Waals surface area contributed by atoms with Crippen LogP contribution >= 0.6 is 0 Å². The lowest BCUT2D eigenvalue weighted by atomic mass is 10.0. The van der Waals surface area contributed by atoms with E-state index in [1.54, 1.807) is 5.57 Å². The lowest BCUT2D eigenvalue weighted by molar-refractivity contribution is 0.830. The van der Waals surface area contributed by atoms with Gasteiger partial charge in [-0.25, -0.2) is 0 Å². The SMILES string of the molecule is CC(C)/C=C/C1=CC2=C(C1)Cc1ccccc12. The predicted molar refractivity (Wildman–Crippen MR) is 73.7 cm³/mol. The molecule has 0 saturated heterocycles. The van der Waals surface area contributed by atoms with Crippen LogP contribution in [0.4, 0.5) is 0 Å². The van der Waals surface area contributed by atoms with E-state index in [2.05, 4.69) is 56.3 Å². The van der Waals surface area contributed by atoms with E-state index in [1.807, 2.05) is 0 Å². The van der Waals surface area contributed by atoms with Crippen molar-refractivity contribution in [3.63, 3.8) is 0 Å². The number of allylic oxidation sites excluding steroid dienone is 6. The van der Waals surface area contributed by atoms with E-state index < -0.39 is 0 Å². The molecule has 0 nitrogen and oxygen atoms in total. The molecule has 0 saturated carbocycles. The van der Waals surface area contributed by atoms with Crippen molar-refractivity contribution in [2.24, 2.45) is 5.92 Å². The van der Waals surface area contributed by atoms with E-state index in [1.165, 1.54) is 22.3 Å². The Morgan fingerprint density at radius 2 is 1.94 bits per heavy atom. The van der Waals surface area contributed by atoms with Crippen LogP contribution in [-0.4, -0.2) is 0 Å². The first kappa shape index (κ1) is 10.6. The highest BCUT2D eigenvalue weighted by Gasteiger charge is 2.23. The van der Waals surface area contributed by atoms with Gasteiger partial charge in [0.2, 0.25) is 0 Å². The van der Waals surface area contributed by atoms with Crippen molar-refractivity contribution in [2.75, 3.05) is 0 Å². The fourth-order valence-electron chi connectivity index (χ4n) is 2.70. The summed E-state index contributed by atoms with van der Waals surface area (Å²) >= 11 is 0. The molecule has 0 spiro atoms. The third kappa shape index (κ3) is 1.88. The summed E-state index contributed by atoms with van der Waals surface area (Å²) in [5.74, 6) is 0.638. The van der Waals surface area contributed by atoms with Crippen LogP contribution in [0.1, 0.15) is 31.4 Å². The van der Waals surface area contributed by atoms with Gasteiger partial charge in [-0.3, -0.25) is 0 Å². The Labute approximate surface area is 103 Å². The number of rotatable bonds is 2. The van der Waals surface area contributed by atoms with Crippen molar-refractivity contribution in [3.8, 4) is 0 Å². The monoisotopic (exact) mass is 222 g/mol. The molecular formula is C17H18. The van der Waals surface area contributed by atoms with E-state index >= 15 is 0 Å². The summed E-state index contributed by atoms with van der Waals surface area (Å²) < 4.78 is 0. The zero-order valence-electron chi connectivity index (χ0n) is 10.5. The summed E-state index contributed by atoms with van der Waals surface area (Å²) in [6.07, 6.45) is 9.26. The summed E-state index contributed by atoms with van der Waals surface area (Å²) in [7, 11) is 0. The highest BCUT2D eigenvalue weighted by molar-refractivity contribution is 5.86. The van der Waals surface area contributed by atoms with Gasteiger partial charge in [-0.05, 0) is 41.0 Å². The first-order valence-electron chi connectivity index (χ1n) is 6.43. The van der Waals surface area contributed by atoms with Gasteiger partial charge in [-0.1, -0.05) is 61.9 Å². The Kier molecular flexibility index (Phi) is 2.51. The van der Waals surface area contributed by atoms with Crippen LogP contribution in [0.5, 0.6) is 0 Å². The molecule has 1 aromatic rings. The molecule has 0 radical (unpaired) electrons. The smallest absolute Gasteiger partial charge is 0.00484 e. The van der Waals surface area contributed by atoms with Gasteiger partial charge in [0.1, 0.15) is 0 Å². The molecule has 0 unspecified atom stereocenters. The van der Waals surface area contributed by atoms with E-state index in [9.17, 15) is 0 Å². The van der Waals surface area contributed by atoms with Crippen molar-refractivity contribution >= 4 is 5.57 Å². The summed E-state index contributed by atoms with van der Waals surface area (Å²) in [4.78, 5) is 0. The van der Waals surface area contributed by atoms with E-state index in [0.29, 0.717) is 5.92 Å². The van der Waals surface area contributed by atoms with E-state index in [-0.39, 0.29) is 0 Å². The van der Waals surface area contributed by atoms with Crippen molar-refractivity contribution in [1.29, 1.82) is 0 Å². The van der Waals surface area contributed by atoms with Gasteiger partial charge in [-0.2, -0.15) is 0 Å². The lowest BCUT2D eigenvalue weighted by Gasteiger charge is -2.02. The van der Waals surface area contributed by atoms with Gasteiger partial charge in [0, 0.05) is 0 Å². The molecule has 2 aliphatic rings. The third-order valence-electron chi connectivity index (χ3n) is 3.53. The molecule has 86 valence electrons. The second kappa shape index (κ2) is 4.03. The number of hydrogen-bond donors (Lipinski definition) is 0. The van der Waals surface area contributed by atoms with Crippen LogP contribution < -0.4 is 0 Å². The highest BCUT2D eigenvalue weighted by Crippen LogP contribution is 2.41. The van der Waals surface area contributed by atoms with Gasteiger partial charge in [0.25, 0.3) is 0 Å². The molecule has 0 amide bonds. The quantitative estimate of drug-likeness (QED) is 0.689. The van der Waals surface area contributed by atoms with Crippen LogP contribution in [-0.2, 0) is 6.42 Å². The zero-order valence-corrected chi connectivity index (χ0v) is 10.5. The maximum atomic E-state index is 2.38. The molecule has 0 fully saturated rings. The van der Waals surface area contributed by atoms with Gasteiger partial charge in [0.05, 0.1) is 0 Å². The molecule has 17 heavy (non-hydrogen) atoms. The Bertz CT molecular complexity index is 539. The minimum atomic E-state index is 0.638. The van der Waals surface area contributed by atoms with Crippen LogP contribution in [0.25, 0.3) is 5.57 Å². The summed E-state index contributed by atoms with van der Waals surface area (Å²) in [6, 6.07) is 8.79. The molecule has 0 heterocycles. The standard InChI is InChI=1S/C17H18/c1-12(2)7-8-13-9-15-11-14-5-3-4-6-16(14)17(15)10-13/h3-8,10,12H,9,11H2,1-2H3/b8-7+. The number of hydrogen-bond acceptors (Lipinski definition) is 0. The zero-order chi connectivity index (χ0) is 11.8. The van der Waals surface area contributed by atoms with Gasteiger partial charge in [-0.15, -0.1) is 0 Å². The first-order chi connectivity index (χ1) is 8.24. The molecule has 0 aromatic heterocycles. The summed E-state index contributed by atoms with van der Waals surface area (Å²) in [5, 5.41) is 0. The number of fused-ring (bicyclic) bond motifs is 2. The van der Waals surface area contributed by atoms with Crippen molar-refractivity contribution in [2.45, 2.75) is 26.7 Å². The minimum Gasteiger partial charge on any atom is -0.0817 e. The first-order valence-corrected chi connectivity index (χ1v) is 6.43. The molecule has 0 N–H and O–H groups in total. The maximum Gasteiger partial charge on any atom is -0.00484 e. The molecule has 0 aliphatic heterocycles. The topological polar surface area (TPSA) is 0 Å². The normalized spacial score (nSPS) is 17.9. The maximum absolute atomic E-state index is 2.38. The Morgan fingerprint density at radius 3 is 2.76 bits per heavy atom. The fourth-order valence-corrected chi connectivity index (χ4v) is 2.70. The summed E-state index contributed by atoms with van der Waals surface area (Å²) in [6.45, 7) is 4.45. The third-order valence-corrected chi connectivity index (χ3v) is 3.53. The molecule has 1 aromatic carbocycles. The molecule has 0 heteroatoms. The average molecular weight is 222 g/mol. The van der Waals surface area contributed by atoms with Crippen molar-refractivity contribution in [1.82, 2.24) is 0 Å². The second-order valence-electron chi connectivity index (χ2n) is 5.35. The largest absolute Gasteiger partial charge is 0.0817 e. The Hall–Kier alpha value is -1.56. The molecule has 0 bridgehead atoms. The van der Waals surface area contributed by atoms with Gasteiger partial charge < -0.3 is 0 Å². The molecule has 3 rings (SSSR count). The van der Waals surface area contributed by atoms with Crippen molar-refractivity contribution in [3.05, 3.63) is 64.8 Å². The average Bonchev–Trinajstić information content (AvgIpc) is 2.83. The van der Waals surface area contributed by atoms with Crippen LogP contribution in [0, 0.1) is 5.92 Å². The molecular weight excluding hydrogens is 204 g/mol. The fraction of sp³-hybridized carbons (Fsp3) is 0.294. The predicted octanol–water partition coefficient (Wildman–Crippen LogP) is 4.54.